The van der Waals surface area contributed by atoms with Gasteiger partial charge in [-0.25, -0.2) is 9.59 Å². The first-order valence-corrected chi connectivity index (χ1v) is 7.24. The van der Waals surface area contributed by atoms with Crippen molar-refractivity contribution in [2.45, 2.75) is 19.8 Å². The first-order chi connectivity index (χ1) is 11.9. The van der Waals surface area contributed by atoms with Gasteiger partial charge < -0.3 is 28.5 Å². The molecule has 2 aromatic heterocycles. The van der Waals surface area contributed by atoms with Crippen LogP contribution < -0.4 is 14.9 Å². The Morgan fingerprint density at radius 1 is 1.00 bits per heavy atom. The summed E-state index contributed by atoms with van der Waals surface area (Å²) in [7, 11) is 0. The largest absolute Gasteiger partial charge is 0.513 e. The maximum atomic E-state index is 12.3. The molecule has 0 bridgehead atoms. The van der Waals surface area contributed by atoms with Gasteiger partial charge in [0.25, 0.3) is 11.9 Å². The third kappa shape index (κ3) is 3.11. The Kier molecular flexibility index (Phi) is 4.05. The Balaban J connectivity index is 2.31. The average Bonchev–Trinajstić information content (AvgIpc) is 2.89. The summed E-state index contributed by atoms with van der Waals surface area (Å²) in [6.45, 7) is 1.90. The van der Waals surface area contributed by atoms with E-state index in [1.807, 2.05) is 6.92 Å². The van der Waals surface area contributed by atoms with Gasteiger partial charge in [-0.3, -0.25) is 4.79 Å². The number of carboxylic acid groups (broad SMARTS) is 2. The van der Waals surface area contributed by atoms with E-state index in [-0.39, 0.29) is 22.5 Å². The number of hydrogen-bond acceptors (Lipinski definition) is 7. The second-order valence-electron chi connectivity index (χ2n) is 5.12. The number of benzene rings is 1. The maximum absolute atomic E-state index is 12.3. The summed E-state index contributed by atoms with van der Waals surface area (Å²) in [6, 6.07) is 3.67. The monoisotopic (exact) mass is 348 g/mol. The lowest BCUT2D eigenvalue weighted by atomic mass is 10.0. The van der Waals surface area contributed by atoms with Gasteiger partial charge in [-0.15, -0.1) is 0 Å². The van der Waals surface area contributed by atoms with E-state index in [0.29, 0.717) is 23.8 Å². The van der Waals surface area contributed by atoms with Crippen LogP contribution in [0.1, 0.15) is 18.9 Å². The van der Waals surface area contributed by atoms with Gasteiger partial charge >= 0.3 is 12.3 Å². The molecule has 1 aromatic carbocycles. The van der Waals surface area contributed by atoms with Crippen LogP contribution in [0, 0.1) is 0 Å². The first kappa shape index (κ1) is 16.4. The minimum atomic E-state index is -1.61. The molecule has 9 heteroatoms. The van der Waals surface area contributed by atoms with Gasteiger partial charge in [0.15, 0.2) is 5.43 Å². The minimum absolute atomic E-state index is 0.153. The highest BCUT2D eigenvalue weighted by molar-refractivity contribution is 5.98. The molecule has 0 aliphatic carbocycles. The van der Waals surface area contributed by atoms with Crippen LogP contribution in [0.5, 0.6) is 11.9 Å². The zero-order chi connectivity index (χ0) is 18.1. The molecule has 0 radical (unpaired) electrons. The van der Waals surface area contributed by atoms with Crippen molar-refractivity contribution in [1.82, 2.24) is 0 Å². The van der Waals surface area contributed by atoms with E-state index >= 15 is 0 Å². The molecule has 0 aliphatic rings. The molecule has 0 fully saturated rings. The van der Waals surface area contributed by atoms with Crippen molar-refractivity contribution in [2.75, 3.05) is 0 Å². The van der Waals surface area contributed by atoms with Gasteiger partial charge in [-0.05, 0) is 12.5 Å². The fourth-order valence-corrected chi connectivity index (χ4v) is 2.59. The molecule has 0 saturated heterocycles. The molecule has 0 atom stereocenters. The van der Waals surface area contributed by atoms with Gasteiger partial charge in [-0.1, -0.05) is 13.3 Å². The van der Waals surface area contributed by atoms with E-state index in [0.717, 1.165) is 6.07 Å². The highest BCUT2D eigenvalue weighted by Crippen LogP contribution is 2.34. The van der Waals surface area contributed by atoms with E-state index in [4.69, 9.17) is 19.0 Å². The predicted molar refractivity (Wildman–Crippen MR) is 83.6 cm³/mol. The fraction of sp³-hybridized carbons (Fsp3) is 0.188. The lowest BCUT2D eigenvalue weighted by Crippen LogP contribution is -2.08. The van der Waals surface area contributed by atoms with Crippen LogP contribution in [-0.4, -0.2) is 22.5 Å². The molecule has 3 rings (SSSR count). The second-order valence-corrected chi connectivity index (χ2v) is 5.12. The second kappa shape index (κ2) is 6.19. The predicted octanol–water partition coefficient (Wildman–Crippen LogP) is 3.61. The van der Waals surface area contributed by atoms with Crippen molar-refractivity contribution < 1.29 is 38.1 Å². The van der Waals surface area contributed by atoms with E-state index in [1.54, 1.807) is 0 Å². The third-order valence-electron chi connectivity index (χ3n) is 3.45. The number of rotatable bonds is 4. The summed E-state index contributed by atoms with van der Waals surface area (Å²) in [4.78, 5) is 33.6. The third-order valence-corrected chi connectivity index (χ3v) is 3.45. The number of carbonyl (C=O) groups is 2. The summed E-state index contributed by atoms with van der Waals surface area (Å²) < 4.78 is 19.7. The van der Waals surface area contributed by atoms with E-state index in [9.17, 15) is 14.4 Å². The highest BCUT2D eigenvalue weighted by atomic mass is 16.7. The highest BCUT2D eigenvalue weighted by Gasteiger charge is 2.19. The lowest BCUT2D eigenvalue weighted by molar-refractivity contribution is 0.132. The molecule has 0 amide bonds. The summed E-state index contributed by atoms with van der Waals surface area (Å²) in [6.07, 6.45) is -1.99. The topological polar surface area (TPSA) is 136 Å². The van der Waals surface area contributed by atoms with Crippen molar-refractivity contribution in [3.05, 3.63) is 34.0 Å². The van der Waals surface area contributed by atoms with Gasteiger partial charge in [-0.2, -0.15) is 0 Å². The zero-order valence-corrected chi connectivity index (χ0v) is 12.9. The number of hydrogen-bond donors (Lipinski definition) is 2. The van der Waals surface area contributed by atoms with E-state index < -0.39 is 23.7 Å². The number of fused-ring (bicyclic) bond motifs is 2. The zero-order valence-electron chi connectivity index (χ0n) is 12.9. The quantitative estimate of drug-likeness (QED) is 0.677. The van der Waals surface area contributed by atoms with Crippen molar-refractivity contribution in [2.24, 2.45) is 0 Å². The number of aryl methyl sites for hydroxylation is 1. The van der Waals surface area contributed by atoms with Gasteiger partial charge in [0.1, 0.15) is 11.2 Å². The van der Waals surface area contributed by atoms with Crippen LogP contribution in [0.4, 0.5) is 9.59 Å². The van der Waals surface area contributed by atoms with Gasteiger partial charge in [0.2, 0.25) is 0 Å². The maximum Gasteiger partial charge on any atom is 0.513 e. The van der Waals surface area contributed by atoms with Crippen molar-refractivity contribution in [3.8, 4) is 11.9 Å². The Hall–Kier alpha value is -3.49. The molecule has 25 heavy (non-hydrogen) atoms. The van der Waals surface area contributed by atoms with Crippen LogP contribution in [0.3, 0.4) is 0 Å². The SMILES string of the molecule is CCCc1c2cc(OC(=O)O)oc2cc2c(=O)cc(OC(=O)O)oc12. The summed E-state index contributed by atoms with van der Waals surface area (Å²) in [5.74, 6) is -0.697. The molecule has 0 unspecified atom stereocenters. The first-order valence-electron chi connectivity index (χ1n) is 7.24. The van der Waals surface area contributed by atoms with Gasteiger partial charge in [0.05, 0.1) is 11.5 Å². The summed E-state index contributed by atoms with van der Waals surface area (Å²) >= 11 is 0. The number of furan rings is 1. The van der Waals surface area contributed by atoms with Crippen LogP contribution in [0.15, 0.2) is 31.8 Å². The standard InChI is InChI=1S/C16H12O9/c1-2-3-7-8-5-12(24-15(18)19)22-11(8)4-9-10(17)6-13(23-14(7)9)25-16(20)21/h4-6H,2-3H2,1H3,(H,18,19)(H,20,21). The molecule has 2 heterocycles. The smallest absolute Gasteiger partial charge is 0.449 e. The molecule has 0 aliphatic heterocycles. The normalized spacial score (nSPS) is 10.9. The molecule has 0 saturated carbocycles. The molecule has 2 N–H and O–H groups in total. The van der Waals surface area contributed by atoms with Crippen LogP contribution in [-0.2, 0) is 6.42 Å². The Morgan fingerprint density at radius 3 is 2.24 bits per heavy atom. The molecule has 3 aromatic rings. The molecule has 130 valence electrons. The lowest BCUT2D eigenvalue weighted by Gasteiger charge is -2.07. The average molecular weight is 348 g/mol. The van der Waals surface area contributed by atoms with Crippen LogP contribution >= 0.6 is 0 Å². The minimum Gasteiger partial charge on any atom is -0.449 e. The Morgan fingerprint density at radius 2 is 1.64 bits per heavy atom. The van der Waals surface area contributed by atoms with Crippen molar-refractivity contribution >= 4 is 34.2 Å². The Bertz CT molecular complexity index is 1040. The Labute approximate surface area is 139 Å². The number of ether oxygens (including phenoxy) is 2. The van der Waals surface area contributed by atoms with Gasteiger partial charge in [0, 0.05) is 17.0 Å². The van der Waals surface area contributed by atoms with Crippen LogP contribution in [0.2, 0.25) is 0 Å². The van der Waals surface area contributed by atoms with E-state index in [1.165, 1.54) is 12.1 Å². The van der Waals surface area contributed by atoms with Crippen molar-refractivity contribution in [1.29, 1.82) is 0 Å². The molecule has 9 nitrogen and oxygen atoms in total. The summed E-state index contributed by atoms with van der Waals surface area (Å²) in [5, 5.41) is 18.0. The molecule has 0 spiro atoms. The van der Waals surface area contributed by atoms with E-state index in [2.05, 4.69) is 9.47 Å². The van der Waals surface area contributed by atoms with Crippen LogP contribution in [0.25, 0.3) is 21.9 Å². The summed E-state index contributed by atoms with van der Waals surface area (Å²) in [5.41, 5.74) is 0.452. The van der Waals surface area contributed by atoms with Crippen molar-refractivity contribution in [3.63, 3.8) is 0 Å². The molecular weight excluding hydrogens is 336 g/mol. The molecular formula is C16H12O9. The fourth-order valence-electron chi connectivity index (χ4n) is 2.59.